The summed E-state index contributed by atoms with van der Waals surface area (Å²) in [5.41, 5.74) is 0.869. The molecule has 0 aliphatic carbocycles. The number of aliphatic hydroxyl groups excluding tert-OH is 1. The number of aliphatic hydroxyl groups is 1. The number of nitrogens with zero attached hydrogens (tertiary/aromatic N) is 3. The fourth-order valence-electron chi connectivity index (χ4n) is 2.84. The van der Waals surface area contributed by atoms with Gasteiger partial charge in [-0.3, -0.25) is 4.99 Å². The lowest BCUT2D eigenvalue weighted by Gasteiger charge is -2.15. The number of nitrogens with one attached hydrogen (secondary N) is 2. The third-order valence-corrected chi connectivity index (χ3v) is 4.54. The summed E-state index contributed by atoms with van der Waals surface area (Å²) in [5.74, 6) is 2.29. The van der Waals surface area contributed by atoms with Crippen molar-refractivity contribution in [3.05, 3.63) is 35.2 Å². The topological polar surface area (TPSA) is 95.6 Å². The van der Waals surface area contributed by atoms with E-state index in [1.54, 1.807) is 12.1 Å². The lowest BCUT2D eigenvalue weighted by atomic mass is 10.0. The Morgan fingerprint density at radius 3 is 2.68 bits per heavy atom. The fourth-order valence-corrected chi connectivity index (χ4v) is 2.97. The van der Waals surface area contributed by atoms with E-state index >= 15 is 0 Å². The molecule has 1 aromatic heterocycles. The standard InChI is InChI=1S/C20H30ClN5O2/c1-3-5-15(11-13-27)14-24-20(22-4-2)23-12-10-18-25-19(26-28-18)16-6-8-17(21)9-7-16/h6-9,15,27H,3-5,10-14H2,1-2H3,(H2,22,23,24). The summed E-state index contributed by atoms with van der Waals surface area (Å²) in [6, 6.07) is 7.33. The van der Waals surface area contributed by atoms with E-state index in [9.17, 15) is 5.11 Å². The molecule has 0 fully saturated rings. The minimum Gasteiger partial charge on any atom is -0.396 e. The minimum atomic E-state index is 0.206. The quantitative estimate of drug-likeness (QED) is 0.390. The number of aromatic nitrogens is 2. The van der Waals surface area contributed by atoms with Crippen molar-refractivity contribution in [3.8, 4) is 11.4 Å². The van der Waals surface area contributed by atoms with Gasteiger partial charge in [0.25, 0.3) is 0 Å². The van der Waals surface area contributed by atoms with Crippen LogP contribution in [0.15, 0.2) is 33.8 Å². The van der Waals surface area contributed by atoms with Crippen molar-refractivity contribution in [1.29, 1.82) is 0 Å². The Morgan fingerprint density at radius 2 is 2.00 bits per heavy atom. The van der Waals surface area contributed by atoms with E-state index in [2.05, 4.69) is 32.7 Å². The molecular formula is C20H30ClN5O2. The number of rotatable bonds is 11. The van der Waals surface area contributed by atoms with E-state index < -0.39 is 0 Å². The van der Waals surface area contributed by atoms with E-state index in [0.29, 0.717) is 42.2 Å². The monoisotopic (exact) mass is 407 g/mol. The zero-order chi connectivity index (χ0) is 20.2. The Balaban J connectivity index is 1.86. The maximum Gasteiger partial charge on any atom is 0.228 e. The first kappa shape index (κ1) is 22.2. The highest BCUT2D eigenvalue weighted by Crippen LogP contribution is 2.18. The summed E-state index contributed by atoms with van der Waals surface area (Å²) in [6.45, 7) is 6.51. The van der Waals surface area contributed by atoms with Crippen molar-refractivity contribution >= 4 is 17.6 Å². The van der Waals surface area contributed by atoms with E-state index in [0.717, 1.165) is 37.3 Å². The van der Waals surface area contributed by atoms with Gasteiger partial charge in [-0.05, 0) is 49.9 Å². The van der Waals surface area contributed by atoms with Gasteiger partial charge < -0.3 is 20.3 Å². The van der Waals surface area contributed by atoms with Crippen LogP contribution >= 0.6 is 11.6 Å². The van der Waals surface area contributed by atoms with Gasteiger partial charge in [-0.2, -0.15) is 4.98 Å². The summed E-state index contributed by atoms with van der Waals surface area (Å²) in [5, 5.41) is 20.4. The van der Waals surface area contributed by atoms with Crippen LogP contribution in [0.1, 0.15) is 39.0 Å². The van der Waals surface area contributed by atoms with Crippen molar-refractivity contribution in [1.82, 2.24) is 20.8 Å². The van der Waals surface area contributed by atoms with Gasteiger partial charge in [-0.15, -0.1) is 0 Å². The van der Waals surface area contributed by atoms with Crippen LogP contribution in [0.25, 0.3) is 11.4 Å². The highest BCUT2D eigenvalue weighted by Gasteiger charge is 2.10. The van der Waals surface area contributed by atoms with E-state index in [-0.39, 0.29) is 6.61 Å². The van der Waals surface area contributed by atoms with Gasteiger partial charge in [0.1, 0.15) is 0 Å². The summed E-state index contributed by atoms with van der Waals surface area (Å²) >= 11 is 5.91. The number of benzene rings is 1. The van der Waals surface area contributed by atoms with Crippen LogP contribution in [0.3, 0.4) is 0 Å². The average Bonchev–Trinajstić information content (AvgIpc) is 3.15. The molecule has 0 spiro atoms. The smallest absolute Gasteiger partial charge is 0.228 e. The van der Waals surface area contributed by atoms with Gasteiger partial charge in [0.05, 0.1) is 0 Å². The zero-order valence-electron chi connectivity index (χ0n) is 16.6. The molecule has 2 rings (SSSR count). The predicted octanol–water partition coefficient (Wildman–Crippen LogP) is 3.29. The van der Waals surface area contributed by atoms with Gasteiger partial charge in [0.15, 0.2) is 5.96 Å². The van der Waals surface area contributed by atoms with Gasteiger partial charge in [-0.1, -0.05) is 30.1 Å². The molecule has 8 heteroatoms. The second-order valence-electron chi connectivity index (χ2n) is 6.58. The largest absolute Gasteiger partial charge is 0.396 e. The van der Waals surface area contributed by atoms with Crippen LogP contribution in [-0.2, 0) is 6.42 Å². The fraction of sp³-hybridized carbons (Fsp3) is 0.550. The number of hydrogen-bond donors (Lipinski definition) is 3. The van der Waals surface area contributed by atoms with Crippen LogP contribution in [-0.4, -0.2) is 47.4 Å². The molecule has 1 atom stereocenters. The molecule has 28 heavy (non-hydrogen) atoms. The van der Waals surface area contributed by atoms with Gasteiger partial charge in [-0.25, -0.2) is 0 Å². The molecule has 7 nitrogen and oxygen atoms in total. The molecule has 1 aromatic carbocycles. The molecule has 1 unspecified atom stereocenters. The first-order valence-corrected chi connectivity index (χ1v) is 10.3. The van der Waals surface area contributed by atoms with E-state index in [1.807, 2.05) is 19.1 Å². The highest BCUT2D eigenvalue weighted by atomic mass is 35.5. The molecule has 154 valence electrons. The van der Waals surface area contributed by atoms with Gasteiger partial charge >= 0.3 is 0 Å². The lowest BCUT2D eigenvalue weighted by Crippen LogP contribution is -2.38. The summed E-state index contributed by atoms with van der Waals surface area (Å²) in [7, 11) is 0. The molecule has 0 amide bonds. The third kappa shape index (κ3) is 7.48. The zero-order valence-corrected chi connectivity index (χ0v) is 17.4. The number of hydrogen-bond acceptors (Lipinski definition) is 5. The summed E-state index contributed by atoms with van der Waals surface area (Å²) < 4.78 is 5.33. The summed E-state index contributed by atoms with van der Waals surface area (Å²) in [6.07, 6.45) is 3.54. The molecular weight excluding hydrogens is 378 g/mol. The van der Waals surface area contributed by atoms with Gasteiger partial charge in [0, 0.05) is 43.2 Å². The number of guanidine groups is 1. The number of aliphatic imine (C=N–C) groups is 1. The molecule has 1 heterocycles. The molecule has 0 aliphatic heterocycles. The first-order chi connectivity index (χ1) is 13.7. The Kier molecular flexibility index (Phi) is 9.79. The van der Waals surface area contributed by atoms with Crippen molar-refractivity contribution in [2.75, 3.05) is 26.2 Å². The second-order valence-corrected chi connectivity index (χ2v) is 7.02. The molecule has 0 saturated carbocycles. The predicted molar refractivity (Wildman–Crippen MR) is 113 cm³/mol. The third-order valence-electron chi connectivity index (χ3n) is 4.29. The van der Waals surface area contributed by atoms with Crippen molar-refractivity contribution < 1.29 is 9.63 Å². The van der Waals surface area contributed by atoms with Crippen LogP contribution in [0.4, 0.5) is 0 Å². The highest BCUT2D eigenvalue weighted by molar-refractivity contribution is 6.30. The Hall–Kier alpha value is -2.12. The molecule has 0 bridgehead atoms. The maximum atomic E-state index is 9.19. The minimum absolute atomic E-state index is 0.206. The first-order valence-electron chi connectivity index (χ1n) is 9.87. The van der Waals surface area contributed by atoms with Crippen LogP contribution in [0.2, 0.25) is 5.02 Å². The van der Waals surface area contributed by atoms with E-state index in [1.165, 1.54) is 0 Å². The number of halogens is 1. The molecule has 2 aromatic rings. The second kappa shape index (κ2) is 12.4. The Morgan fingerprint density at radius 1 is 1.21 bits per heavy atom. The lowest BCUT2D eigenvalue weighted by molar-refractivity contribution is 0.253. The molecule has 0 aliphatic rings. The Labute approximate surface area is 171 Å². The normalized spacial score (nSPS) is 12.8. The van der Waals surface area contributed by atoms with Gasteiger partial charge in [0.2, 0.25) is 11.7 Å². The van der Waals surface area contributed by atoms with Crippen LogP contribution in [0, 0.1) is 5.92 Å². The van der Waals surface area contributed by atoms with E-state index in [4.69, 9.17) is 16.1 Å². The molecule has 0 radical (unpaired) electrons. The SMILES string of the molecule is CCCC(CCO)CN=C(NCC)NCCc1nc(-c2ccc(Cl)cc2)no1. The van der Waals surface area contributed by atoms with Crippen LogP contribution < -0.4 is 10.6 Å². The Bertz CT molecular complexity index is 712. The molecule has 0 saturated heterocycles. The maximum absolute atomic E-state index is 9.19. The van der Waals surface area contributed by atoms with Crippen molar-refractivity contribution in [2.45, 2.75) is 39.5 Å². The summed E-state index contributed by atoms with van der Waals surface area (Å²) in [4.78, 5) is 9.07. The van der Waals surface area contributed by atoms with Crippen molar-refractivity contribution in [3.63, 3.8) is 0 Å². The van der Waals surface area contributed by atoms with Crippen molar-refractivity contribution in [2.24, 2.45) is 10.9 Å². The molecule has 3 N–H and O–H groups in total. The van der Waals surface area contributed by atoms with Crippen LogP contribution in [0.5, 0.6) is 0 Å². The average molecular weight is 408 g/mol.